The number of halogens is 2. The van der Waals surface area contributed by atoms with Crippen molar-refractivity contribution in [2.45, 2.75) is 27.2 Å². The van der Waals surface area contributed by atoms with Crippen LogP contribution in [0.4, 0.5) is 8.78 Å². The molecular formula is C13H18F2O. The molecule has 0 bridgehead atoms. The summed E-state index contributed by atoms with van der Waals surface area (Å²) in [4.78, 5) is 0. The molecule has 0 fully saturated rings. The molecular weight excluding hydrogens is 210 g/mol. The minimum atomic E-state index is -0.573. The molecule has 0 aromatic heterocycles. The third-order valence-corrected chi connectivity index (χ3v) is 3.36. The van der Waals surface area contributed by atoms with Crippen LogP contribution in [0.2, 0.25) is 0 Å². The van der Waals surface area contributed by atoms with Gasteiger partial charge in [-0.15, -0.1) is 0 Å². The van der Waals surface area contributed by atoms with Crippen LogP contribution in [-0.2, 0) is 6.42 Å². The summed E-state index contributed by atoms with van der Waals surface area (Å²) in [7, 11) is 0. The lowest BCUT2D eigenvalue weighted by Gasteiger charge is -2.32. The molecule has 90 valence electrons. The third-order valence-electron chi connectivity index (χ3n) is 3.36. The van der Waals surface area contributed by atoms with Gasteiger partial charge in [0.05, 0.1) is 0 Å². The van der Waals surface area contributed by atoms with Crippen LogP contribution >= 0.6 is 0 Å². The van der Waals surface area contributed by atoms with E-state index in [4.69, 9.17) is 0 Å². The van der Waals surface area contributed by atoms with Gasteiger partial charge in [-0.1, -0.05) is 26.8 Å². The zero-order valence-electron chi connectivity index (χ0n) is 9.93. The van der Waals surface area contributed by atoms with Gasteiger partial charge in [0.15, 0.2) is 0 Å². The summed E-state index contributed by atoms with van der Waals surface area (Å²) in [5.41, 5.74) is 0.0743. The summed E-state index contributed by atoms with van der Waals surface area (Å²) in [6.45, 7) is 5.86. The van der Waals surface area contributed by atoms with E-state index in [2.05, 4.69) is 0 Å². The molecule has 3 heteroatoms. The quantitative estimate of drug-likeness (QED) is 0.839. The van der Waals surface area contributed by atoms with Crippen molar-refractivity contribution >= 4 is 0 Å². The molecule has 0 amide bonds. The van der Waals surface area contributed by atoms with Crippen molar-refractivity contribution in [3.05, 3.63) is 35.4 Å². The molecule has 0 aliphatic rings. The van der Waals surface area contributed by atoms with Gasteiger partial charge < -0.3 is 5.11 Å². The van der Waals surface area contributed by atoms with Crippen LogP contribution in [0.3, 0.4) is 0 Å². The van der Waals surface area contributed by atoms with Crippen LogP contribution in [0.15, 0.2) is 18.2 Å². The van der Waals surface area contributed by atoms with Crippen molar-refractivity contribution in [2.24, 2.45) is 11.3 Å². The average molecular weight is 228 g/mol. The fourth-order valence-corrected chi connectivity index (χ4v) is 1.54. The molecule has 1 nitrogen and oxygen atoms in total. The van der Waals surface area contributed by atoms with Gasteiger partial charge in [-0.2, -0.15) is 0 Å². The maximum atomic E-state index is 13.5. The highest BCUT2D eigenvalue weighted by Gasteiger charge is 2.28. The lowest BCUT2D eigenvalue weighted by Crippen LogP contribution is -2.30. The van der Waals surface area contributed by atoms with E-state index in [9.17, 15) is 13.9 Å². The van der Waals surface area contributed by atoms with Crippen molar-refractivity contribution in [1.82, 2.24) is 0 Å². The first-order valence-electron chi connectivity index (χ1n) is 5.44. The van der Waals surface area contributed by atoms with E-state index in [0.717, 1.165) is 6.07 Å². The maximum Gasteiger partial charge on any atom is 0.129 e. The second-order valence-corrected chi connectivity index (χ2v) is 4.88. The summed E-state index contributed by atoms with van der Waals surface area (Å²) in [5.74, 6) is -0.890. The maximum absolute atomic E-state index is 13.5. The van der Waals surface area contributed by atoms with E-state index in [-0.39, 0.29) is 17.9 Å². The molecule has 0 heterocycles. The lowest BCUT2D eigenvalue weighted by atomic mass is 9.75. The van der Waals surface area contributed by atoms with Crippen LogP contribution in [0.1, 0.15) is 26.3 Å². The monoisotopic (exact) mass is 228 g/mol. The Morgan fingerprint density at radius 2 is 1.94 bits per heavy atom. The van der Waals surface area contributed by atoms with Gasteiger partial charge >= 0.3 is 0 Å². The number of hydrogen-bond donors (Lipinski definition) is 1. The van der Waals surface area contributed by atoms with Crippen LogP contribution < -0.4 is 0 Å². The summed E-state index contributed by atoms with van der Waals surface area (Å²) in [6, 6.07) is 3.57. The fourth-order valence-electron chi connectivity index (χ4n) is 1.54. The van der Waals surface area contributed by atoms with Gasteiger partial charge in [-0.05, 0) is 29.4 Å². The summed E-state index contributed by atoms with van der Waals surface area (Å²) >= 11 is 0. The normalized spacial score (nSPS) is 15.2. The van der Waals surface area contributed by atoms with Gasteiger partial charge in [0.2, 0.25) is 0 Å². The third kappa shape index (κ3) is 2.79. The molecule has 1 N–H and O–H groups in total. The predicted molar refractivity (Wildman–Crippen MR) is 60.1 cm³/mol. The summed E-state index contributed by atoms with van der Waals surface area (Å²) in [6.07, 6.45) is 0.410. The zero-order chi connectivity index (χ0) is 12.3. The highest BCUT2D eigenvalue weighted by Crippen LogP contribution is 2.31. The minimum absolute atomic E-state index is 0.0124. The van der Waals surface area contributed by atoms with E-state index in [1.165, 1.54) is 12.1 Å². The van der Waals surface area contributed by atoms with E-state index < -0.39 is 11.6 Å². The lowest BCUT2D eigenvalue weighted by molar-refractivity contribution is 0.0938. The fraction of sp³-hybridized carbons (Fsp3) is 0.538. The molecule has 0 aliphatic carbocycles. The molecule has 1 rings (SSSR count). The number of aliphatic hydroxyl groups excluding tert-OH is 1. The van der Waals surface area contributed by atoms with Gasteiger partial charge in [-0.25, -0.2) is 8.78 Å². The molecule has 1 aromatic rings. The predicted octanol–water partition coefficient (Wildman–Crippen LogP) is 3.16. The van der Waals surface area contributed by atoms with Crippen LogP contribution in [0.25, 0.3) is 0 Å². The Labute approximate surface area is 95.1 Å². The SMILES string of the molecule is CC(C)C(C)(CO)Cc1ccc(F)cc1F. The van der Waals surface area contributed by atoms with Crippen molar-refractivity contribution in [1.29, 1.82) is 0 Å². The number of hydrogen-bond acceptors (Lipinski definition) is 1. The van der Waals surface area contributed by atoms with Crippen molar-refractivity contribution in [3.63, 3.8) is 0 Å². The molecule has 0 aliphatic heterocycles. The van der Waals surface area contributed by atoms with E-state index in [1.807, 2.05) is 20.8 Å². The van der Waals surface area contributed by atoms with Crippen molar-refractivity contribution in [2.75, 3.05) is 6.61 Å². The Kier molecular flexibility index (Phi) is 4.03. The Morgan fingerprint density at radius 1 is 1.31 bits per heavy atom. The average Bonchev–Trinajstić information content (AvgIpc) is 2.22. The Hall–Kier alpha value is -0.960. The molecule has 1 atom stereocenters. The second-order valence-electron chi connectivity index (χ2n) is 4.88. The molecule has 0 radical (unpaired) electrons. The Morgan fingerprint density at radius 3 is 2.38 bits per heavy atom. The van der Waals surface area contributed by atoms with Crippen molar-refractivity contribution < 1.29 is 13.9 Å². The molecule has 0 saturated carbocycles. The molecule has 1 unspecified atom stereocenters. The van der Waals surface area contributed by atoms with Crippen molar-refractivity contribution in [3.8, 4) is 0 Å². The van der Waals surface area contributed by atoms with Gasteiger partial charge in [0.25, 0.3) is 0 Å². The first-order chi connectivity index (χ1) is 7.39. The number of aliphatic hydroxyl groups is 1. The number of benzene rings is 1. The zero-order valence-corrected chi connectivity index (χ0v) is 9.93. The van der Waals surface area contributed by atoms with Crippen LogP contribution in [0, 0.1) is 23.0 Å². The van der Waals surface area contributed by atoms with E-state index in [0.29, 0.717) is 12.0 Å². The molecule has 1 aromatic carbocycles. The molecule has 0 saturated heterocycles. The van der Waals surface area contributed by atoms with Crippen LogP contribution in [-0.4, -0.2) is 11.7 Å². The molecule has 16 heavy (non-hydrogen) atoms. The number of rotatable bonds is 4. The Bertz CT molecular complexity index is 363. The minimum Gasteiger partial charge on any atom is -0.396 e. The van der Waals surface area contributed by atoms with E-state index >= 15 is 0 Å². The van der Waals surface area contributed by atoms with Gasteiger partial charge in [0.1, 0.15) is 11.6 Å². The summed E-state index contributed by atoms with van der Waals surface area (Å²) < 4.78 is 26.2. The topological polar surface area (TPSA) is 20.2 Å². The molecule has 0 spiro atoms. The first-order valence-corrected chi connectivity index (χ1v) is 5.44. The van der Waals surface area contributed by atoms with Gasteiger partial charge in [0, 0.05) is 12.7 Å². The summed E-state index contributed by atoms with van der Waals surface area (Å²) in [5, 5.41) is 9.37. The largest absolute Gasteiger partial charge is 0.396 e. The van der Waals surface area contributed by atoms with Crippen LogP contribution in [0.5, 0.6) is 0 Å². The highest BCUT2D eigenvalue weighted by atomic mass is 19.1. The first kappa shape index (κ1) is 13.1. The van der Waals surface area contributed by atoms with E-state index in [1.54, 1.807) is 0 Å². The standard InChI is InChI=1S/C13H18F2O/c1-9(2)13(3,8-16)7-10-4-5-11(14)6-12(10)15/h4-6,9,16H,7-8H2,1-3H3. The van der Waals surface area contributed by atoms with Gasteiger partial charge in [-0.3, -0.25) is 0 Å². The Balaban J connectivity index is 2.95. The highest BCUT2D eigenvalue weighted by molar-refractivity contribution is 5.20. The smallest absolute Gasteiger partial charge is 0.129 e. The second kappa shape index (κ2) is 4.91.